The predicted molar refractivity (Wildman–Crippen MR) is 152 cm³/mol. The number of hydrogen-bond acceptors (Lipinski definition) is 4. The molecule has 0 saturated heterocycles. The summed E-state index contributed by atoms with van der Waals surface area (Å²) in [6.45, 7) is 11.8. The Kier molecular flexibility index (Phi) is 12.3. The number of rotatable bonds is 13. The van der Waals surface area contributed by atoms with Gasteiger partial charge < -0.3 is 20.3 Å². The number of unbranched alkanes of at least 4 members (excludes halogenated alkanes) is 4. The zero-order chi connectivity index (χ0) is 28.1. The van der Waals surface area contributed by atoms with E-state index in [9.17, 15) is 14.4 Å². The van der Waals surface area contributed by atoms with E-state index >= 15 is 0 Å². The number of ether oxygens (including phenoxy) is 1. The molecule has 2 aromatic carbocycles. The van der Waals surface area contributed by atoms with E-state index in [-0.39, 0.29) is 11.8 Å². The van der Waals surface area contributed by atoms with Gasteiger partial charge in [0.05, 0.1) is 0 Å². The number of aryl methyl sites for hydroxylation is 1. The molecule has 2 N–H and O–H groups in total. The Hall–Kier alpha value is -3.35. The first-order chi connectivity index (χ1) is 18.0. The van der Waals surface area contributed by atoms with E-state index in [2.05, 4.69) is 17.6 Å². The lowest BCUT2D eigenvalue weighted by Crippen LogP contribution is -2.52. The molecule has 0 fully saturated rings. The summed E-state index contributed by atoms with van der Waals surface area (Å²) in [7, 11) is 0. The first-order valence-corrected chi connectivity index (χ1v) is 13.7. The zero-order valence-corrected chi connectivity index (χ0v) is 23.9. The molecule has 0 aliphatic carbocycles. The van der Waals surface area contributed by atoms with Gasteiger partial charge in [0.15, 0.2) is 0 Å². The first kappa shape index (κ1) is 30.9. The monoisotopic (exact) mass is 523 g/mol. The quantitative estimate of drug-likeness (QED) is 0.312. The average molecular weight is 524 g/mol. The maximum Gasteiger partial charge on any atom is 0.408 e. The van der Waals surface area contributed by atoms with Crippen LogP contribution in [0, 0.1) is 6.92 Å². The van der Waals surface area contributed by atoms with Crippen LogP contribution in [0.25, 0.3) is 0 Å². The van der Waals surface area contributed by atoms with Gasteiger partial charge in [0, 0.05) is 13.1 Å². The molecule has 0 radical (unpaired) electrons. The molecule has 0 saturated carbocycles. The zero-order valence-electron chi connectivity index (χ0n) is 23.9. The molecule has 3 amide bonds. The van der Waals surface area contributed by atoms with Crippen molar-refractivity contribution < 1.29 is 19.1 Å². The minimum atomic E-state index is -0.867. The summed E-state index contributed by atoms with van der Waals surface area (Å²) in [5.74, 6) is -0.580. The number of hydrogen-bond donors (Lipinski definition) is 2. The molecule has 0 aliphatic heterocycles. The topological polar surface area (TPSA) is 87.7 Å². The van der Waals surface area contributed by atoms with Crippen molar-refractivity contribution in [2.45, 2.75) is 97.9 Å². The van der Waals surface area contributed by atoms with Gasteiger partial charge in [-0.15, -0.1) is 0 Å². The molecule has 0 heterocycles. The average Bonchev–Trinajstić information content (AvgIpc) is 2.86. The Morgan fingerprint density at radius 2 is 1.55 bits per heavy atom. The molecule has 0 bridgehead atoms. The Morgan fingerprint density at radius 3 is 2.18 bits per heavy atom. The van der Waals surface area contributed by atoms with Crippen LogP contribution in [0.1, 0.15) is 89.5 Å². The molecule has 2 rings (SSSR count). The van der Waals surface area contributed by atoms with Crippen molar-refractivity contribution in [1.29, 1.82) is 0 Å². The van der Waals surface area contributed by atoms with Gasteiger partial charge in [0.2, 0.25) is 11.8 Å². The molecule has 38 heavy (non-hydrogen) atoms. The van der Waals surface area contributed by atoms with Gasteiger partial charge >= 0.3 is 6.09 Å². The highest BCUT2D eigenvalue weighted by atomic mass is 16.6. The van der Waals surface area contributed by atoms with Crippen LogP contribution in [0.4, 0.5) is 4.79 Å². The fourth-order valence-corrected chi connectivity index (χ4v) is 4.27. The van der Waals surface area contributed by atoms with Gasteiger partial charge in [-0.3, -0.25) is 9.59 Å². The summed E-state index contributed by atoms with van der Waals surface area (Å²) >= 11 is 0. The number of carbonyl (C=O) groups is 3. The highest BCUT2D eigenvalue weighted by molar-refractivity contribution is 5.92. The Labute approximate surface area is 228 Å². The smallest absolute Gasteiger partial charge is 0.408 e. The first-order valence-electron chi connectivity index (χ1n) is 13.7. The van der Waals surface area contributed by atoms with Crippen molar-refractivity contribution >= 4 is 17.9 Å². The van der Waals surface area contributed by atoms with Gasteiger partial charge in [-0.1, -0.05) is 87.2 Å². The largest absolute Gasteiger partial charge is 0.444 e. The van der Waals surface area contributed by atoms with Crippen molar-refractivity contribution in [3.05, 3.63) is 71.3 Å². The minimum Gasteiger partial charge on any atom is -0.444 e. The minimum absolute atomic E-state index is 0.255. The van der Waals surface area contributed by atoms with Crippen LogP contribution in [-0.2, 0) is 20.9 Å². The number of nitrogens with zero attached hydrogens (tertiary/aromatic N) is 1. The van der Waals surface area contributed by atoms with Gasteiger partial charge in [0.25, 0.3) is 0 Å². The summed E-state index contributed by atoms with van der Waals surface area (Å²) in [6.07, 6.45) is 4.37. The van der Waals surface area contributed by atoms with E-state index in [0.717, 1.165) is 48.8 Å². The van der Waals surface area contributed by atoms with Crippen molar-refractivity contribution in [2.75, 3.05) is 6.54 Å². The lowest BCUT2D eigenvalue weighted by molar-refractivity contribution is -0.142. The van der Waals surface area contributed by atoms with E-state index in [1.54, 1.807) is 32.6 Å². The van der Waals surface area contributed by atoms with Crippen molar-refractivity contribution in [3.8, 4) is 0 Å². The van der Waals surface area contributed by atoms with Crippen LogP contribution in [0.15, 0.2) is 54.6 Å². The second-order valence-corrected chi connectivity index (χ2v) is 10.8. The van der Waals surface area contributed by atoms with Crippen LogP contribution in [0.2, 0.25) is 0 Å². The lowest BCUT2D eigenvalue weighted by Gasteiger charge is -2.34. The van der Waals surface area contributed by atoms with E-state index in [1.165, 1.54) is 0 Å². The molecule has 0 aliphatic rings. The van der Waals surface area contributed by atoms with Gasteiger partial charge in [0.1, 0.15) is 17.7 Å². The maximum absolute atomic E-state index is 13.8. The van der Waals surface area contributed by atoms with E-state index in [0.29, 0.717) is 13.1 Å². The second-order valence-electron chi connectivity index (χ2n) is 10.8. The standard InChI is InChI=1S/C31H45N3O4/c1-7-8-9-10-16-21-34(29(36)24(3)33-30(37)38-31(4,5)6)27(26-20-15-14-17-23(26)2)28(35)32-22-25-18-12-11-13-19-25/h11-15,17-20,24,27H,7-10,16,21-22H2,1-6H3,(H,32,35)(H,33,37). The molecule has 0 aromatic heterocycles. The third kappa shape index (κ3) is 10.2. The number of alkyl carbamates (subject to hydrolysis) is 1. The maximum atomic E-state index is 13.8. The normalized spacial score (nSPS) is 12.8. The fraction of sp³-hybridized carbons (Fsp3) is 0.516. The van der Waals surface area contributed by atoms with Crippen LogP contribution >= 0.6 is 0 Å². The van der Waals surface area contributed by atoms with Crippen LogP contribution in [0.3, 0.4) is 0 Å². The SMILES string of the molecule is CCCCCCCN(C(=O)C(C)NC(=O)OC(C)(C)C)C(C(=O)NCc1ccccc1)c1ccccc1C. The Bertz CT molecular complexity index is 1030. The number of amides is 3. The summed E-state index contributed by atoms with van der Waals surface area (Å²) in [4.78, 5) is 41.7. The Balaban J connectivity index is 2.35. The molecule has 2 atom stereocenters. The highest BCUT2D eigenvalue weighted by Gasteiger charge is 2.35. The third-order valence-corrected chi connectivity index (χ3v) is 6.24. The third-order valence-electron chi connectivity index (χ3n) is 6.24. The molecular formula is C31H45N3O4. The predicted octanol–water partition coefficient (Wildman–Crippen LogP) is 6.06. The van der Waals surface area contributed by atoms with Crippen molar-refractivity contribution in [1.82, 2.24) is 15.5 Å². The molecule has 7 nitrogen and oxygen atoms in total. The molecule has 208 valence electrons. The molecule has 7 heteroatoms. The lowest BCUT2D eigenvalue weighted by atomic mass is 9.97. The van der Waals surface area contributed by atoms with Crippen molar-refractivity contribution in [2.24, 2.45) is 0 Å². The Morgan fingerprint density at radius 1 is 0.921 bits per heavy atom. The van der Waals surface area contributed by atoms with E-state index < -0.39 is 23.8 Å². The fourth-order valence-electron chi connectivity index (χ4n) is 4.27. The van der Waals surface area contributed by atoms with Gasteiger partial charge in [-0.25, -0.2) is 4.79 Å². The number of nitrogens with one attached hydrogen (secondary N) is 2. The summed E-state index contributed by atoms with van der Waals surface area (Å²) < 4.78 is 5.36. The van der Waals surface area contributed by atoms with Crippen molar-refractivity contribution in [3.63, 3.8) is 0 Å². The van der Waals surface area contributed by atoms with Gasteiger partial charge in [-0.05, 0) is 57.7 Å². The van der Waals surface area contributed by atoms with Gasteiger partial charge in [-0.2, -0.15) is 0 Å². The van der Waals surface area contributed by atoms with E-state index in [4.69, 9.17) is 4.74 Å². The second kappa shape index (κ2) is 15.2. The summed E-state index contributed by atoms with van der Waals surface area (Å²) in [6, 6.07) is 15.6. The summed E-state index contributed by atoms with van der Waals surface area (Å²) in [5, 5.41) is 5.70. The van der Waals surface area contributed by atoms with Crippen LogP contribution in [-0.4, -0.2) is 41.0 Å². The summed E-state index contributed by atoms with van der Waals surface area (Å²) in [5.41, 5.74) is 1.97. The number of benzene rings is 2. The van der Waals surface area contributed by atoms with E-state index in [1.807, 2.05) is 61.5 Å². The van der Waals surface area contributed by atoms with Crippen LogP contribution in [0.5, 0.6) is 0 Å². The molecule has 2 unspecified atom stereocenters. The highest BCUT2D eigenvalue weighted by Crippen LogP contribution is 2.26. The molecule has 0 spiro atoms. The molecular weight excluding hydrogens is 478 g/mol. The van der Waals surface area contributed by atoms with Crippen LogP contribution < -0.4 is 10.6 Å². The number of carbonyl (C=O) groups excluding carboxylic acids is 3. The molecule has 2 aromatic rings.